The molecular formula is C13H19NO4S. The maximum atomic E-state index is 11.8. The van der Waals surface area contributed by atoms with Gasteiger partial charge in [0.1, 0.15) is 5.75 Å². The first-order valence-electron chi connectivity index (χ1n) is 6.22. The fourth-order valence-corrected chi connectivity index (χ4v) is 3.32. The van der Waals surface area contributed by atoms with E-state index in [0.717, 1.165) is 18.4 Å². The molecule has 1 fully saturated rings. The normalized spacial score (nSPS) is 17.2. The van der Waals surface area contributed by atoms with Crippen molar-refractivity contribution in [2.24, 2.45) is 0 Å². The van der Waals surface area contributed by atoms with Crippen LogP contribution in [0.4, 0.5) is 0 Å². The lowest BCUT2D eigenvalue weighted by atomic mass is 10.1. The van der Waals surface area contributed by atoms with Gasteiger partial charge in [0.15, 0.2) is 0 Å². The number of methoxy groups -OCH3 is 2. The lowest BCUT2D eigenvalue weighted by Crippen LogP contribution is -2.31. The molecule has 0 amide bonds. The van der Waals surface area contributed by atoms with E-state index in [2.05, 4.69) is 4.72 Å². The van der Waals surface area contributed by atoms with E-state index in [9.17, 15) is 8.42 Å². The van der Waals surface area contributed by atoms with Gasteiger partial charge in [0.05, 0.1) is 18.5 Å². The van der Waals surface area contributed by atoms with Gasteiger partial charge in [-0.3, -0.25) is 0 Å². The fraction of sp³-hybridized carbons (Fsp3) is 0.538. The Bertz CT molecular complexity index is 525. The lowest BCUT2D eigenvalue weighted by Gasteiger charge is -2.19. The van der Waals surface area contributed by atoms with Gasteiger partial charge in [-0.2, -0.15) is 0 Å². The van der Waals surface area contributed by atoms with Gasteiger partial charge in [0, 0.05) is 19.2 Å². The summed E-state index contributed by atoms with van der Waals surface area (Å²) in [5, 5.41) is -0.220. The molecule has 0 spiro atoms. The number of hydrogen-bond acceptors (Lipinski definition) is 4. The summed E-state index contributed by atoms with van der Waals surface area (Å²) in [5.41, 5.74) is 0.839. The molecule has 0 saturated heterocycles. The Labute approximate surface area is 114 Å². The summed E-state index contributed by atoms with van der Waals surface area (Å²) in [5.74, 6) is 0.694. The van der Waals surface area contributed by atoms with Gasteiger partial charge in [-0.05, 0) is 18.9 Å². The summed E-state index contributed by atoms with van der Waals surface area (Å²) < 4.78 is 36.8. The van der Waals surface area contributed by atoms with Crippen LogP contribution < -0.4 is 9.46 Å². The van der Waals surface area contributed by atoms with Crippen molar-refractivity contribution in [3.05, 3.63) is 29.8 Å². The summed E-state index contributed by atoms with van der Waals surface area (Å²) in [4.78, 5) is 0. The van der Waals surface area contributed by atoms with Crippen molar-refractivity contribution in [2.75, 3.05) is 20.8 Å². The second-order valence-corrected chi connectivity index (χ2v) is 6.60. The molecule has 0 aliphatic heterocycles. The molecule has 0 bridgehead atoms. The van der Waals surface area contributed by atoms with E-state index in [-0.39, 0.29) is 17.9 Å². The van der Waals surface area contributed by atoms with Crippen LogP contribution in [0.15, 0.2) is 24.3 Å². The monoisotopic (exact) mass is 285 g/mol. The van der Waals surface area contributed by atoms with Crippen molar-refractivity contribution in [3.8, 4) is 5.75 Å². The van der Waals surface area contributed by atoms with E-state index < -0.39 is 10.0 Å². The van der Waals surface area contributed by atoms with E-state index in [4.69, 9.17) is 9.47 Å². The second kappa shape index (κ2) is 5.90. The second-order valence-electron chi connectivity index (χ2n) is 4.56. The van der Waals surface area contributed by atoms with Gasteiger partial charge in [0.2, 0.25) is 10.0 Å². The number of rotatable bonds is 7. The van der Waals surface area contributed by atoms with Gasteiger partial charge in [-0.15, -0.1) is 0 Å². The summed E-state index contributed by atoms with van der Waals surface area (Å²) in [6.45, 7) is 0.218. The summed E-state index contributed by atoms with van der Waals surface area (Å²) >= 11 is 0. The molecule has 0 radical (unpaired) electrons. The largest absolute Gasteiger partial charge is 0.496 e. The molecule has 6 heteroatoms. The van der Waals surface area contributed by atoms with Gasteiger partial charge < -0.3 is 9.47 Å². The van der Waals surface area contributed by atoms with Gasteiger partial charge in [-0.25, -0.2) is 13.1 Å². The number of para-hydroxylation sites is 1. The first-order chi connectivity index (χ1) is 9.08. The zero-order valence-electron chi connectivity index (χ0n) is 11.1. The summed E-state index contributed by atoms with van der Waals surface area (Å²) in [6.07, 6.45) is 1.15. The fourth-order valence-electron chi connectivity index (χ4n) is 1.94. The Morgan fingerprint density at radius 1 is 1.32 bits per heavy atom. The van der Waals surface area contributed by atoms with Crippen molar-refractivity contribution in [1.29, 1.82) is 0 Å². The van der Waals surface area contributed by atoms with Crippen molar-refractivity contribution < 1.29 is 17.9 Å². The van der Waals surface area contributed by atoms with E-state index >= 15 is 0 Å². The molecule has 1 aliphatic carbocycles. The van der Waals surface area contributed by atoms with E-state index in [0.29, 0.717) is 5.75 Å². The molecule has 1 aromatic carbocycles. The van der Waals surface area contributed by atoms with Crippen molar-refractivity contribution in [2.45, 2.75) is 24.2 Å². The predicted molar refractivity (Wildman–Crippen MR) is 72.7 cm³/mol. The van der Waals surface area contributed by atoms with Crippen molar-refractivity contribution in [1.82, 2.24) is 4.72 Å². The highest BCUT2D eigenvalue weighted by Crippen LogP contribution is 2.29. The zero-order chi connectivity index (χ0) is 13.9. The van der Waals surface area contributed by atoms with Gasteiger partial charge >= 0.3 is 0 Å². The minimum Gasteiger partial charge on any atom is -0.496 e. The van der Waals surface area contributed by atoms with Crippen molar-refractivity contribution in [3.63, 3.8) is 0 Å². The molecule has 1 aromatic rings. The minimum atomic E-state index is -3.19. The smallest absolute Gasteiger partial charge is 0.214 e. The summed E-state index contributed by atoms with van der Waals surface area (Å²) in [7, 11) is -0.0493. The third-order valence-corrected chi connectivity index (χ3v) is 5.12. The Hall–Kier alpha value is -1.11. The first-order valence-corrected chi connectivity index (χ1v) is 7.77. The van der Waals surface area contributed by atoms with Gasteiger partial charge in [-0.1, -0.05) is 18.2 Å². The number of nitrogens with one attached hydrogen (secondary N) is 1. The van der Waals surface area contributed by atoms with E-state index in [1.165, 1.54) is 0 Å². The molecule has 106 valence electrons. The molecule has 0 heterocycles. The minimum absolute atomic E-state index is 0.218. The quantitative estimate of drug-likeness (QED) is 0.824. The number of ether oxygens (including phenoxy) is 2. The highest BCUT2D eigenvalue weighted by Gasteiger charge is 2.35. The molecule has 0 aromatic heterocycles. The number of hydrogen-bond donors (Lipinski definition) is 1. The standard InChI is InChI=1S/C13H19NO4S/c1-17-12-6-4-3-5-11(12)13(18-2)9-14-19(15,16)10-7-8-10/h3-6,10,13-14H,7-9H2,1-2H3. The third-order valence-electron chi connectivity index (χ3n) is 3.20. The Balaban J connectivity index is 2.07. The van der Waals surface area contributed by atoms with Gasteiger partial charge in [0.25, 0.3) is 0 Å². The van der Waals surface area contributed by atoms with Crippen LogP contribution in [0.1, 0.15) is 24.5 Å². The van der Waals surface area contributed by atoms with E-state index in [1.54, 1.807) is 14.2 Å². The maximum absolute atomic E-state index is 11.8. The Morgan fingerprint density at radius 3 is 2.58 bits per heavy atom. The molecule has 1 unspecified atom stereocenters. The van der Waals surface area contributed by atoms with E-state index in [1.807, 2.05) is 24.3 Å². The summed E-state index contributed by atoms with van der Waals surface area (Å²) in [6, 6.07) is 7.44. The van der Waals surface area contributed by atoms with Crippen LogP contribution in [0.2, 0.25) is 0 Å². The molecule has 2 rings (SSSR count). The van der Waals surface area contributed by atoms with Crippen LogP contribution >= 0.6 is 0 Å². The Morgan fingerprint density at radius 2 is 2.00 bits per heavy atom. The topological polar surface area (TPSA) is 64.6 Å². The van der Waals surface area contributed by atoms with Crippen LogP contribution in [-0.4, -0.2) is 34.4 Å². The Kier molecular flexibility index (Phi) is 4.44. The molecule has 5 nitrogen and oxygen atoms in total. The molecule has 1 N–H and O–H groups in total. The van der Waals surface area contributed by atoms with Crippen molar-refractivity contribution >= 4 is 10.0 Å². The highest BCUT2D eigenvalue weighted by molar-refractivity contribution is 7.90. The number of benzene rings is 1. The molecular weight excluding hydrogens is 266 g/mol. The maximum Gasteiger partial charge on any atom is 0.214 e. The predicted octanol–water partition coefficient (Wildman–Crippen LogP) is 1.46. The lowest BCUT2D eigenvalue weighted by molar-refractivity contribution is 0.105. The average molecular weight is 285 g/mol. The van der Waals surface area contributed by atoms with Crippen LogP contribution in [0.5, 0.6) is 5.75 Å². The number of sulfonamides is 1. The average Bonchev–Trinajstić information content (AvgIpc) is 3.24. The molecule has 1 saturated carbocycles. The first kappa shape index (κ1) is 14.3. The SMILES string of the molecule is COc1ccccc1C(CNS(=O)(=O)C1CC1)OC. The van der Waals surface area contributed by atoms with Crippen LogP contribution in [0.25, 0.3) is 0 Å². The van der Waals surface area contributed by atoms with Crippen LogP contribution in [0, 0.1) is 0 Å². The van der Waals surface area contributed by atoms with Crippen LogP contribution in [0.3, 0.4) is 0 Å². The third kappa shape index (κ3) is 3.46. The molecule has 1 aliphatic rings. The highest BCUT2D eigenvalue weighted by atomic mass is 32.2. The van der Waals surface area contributed by atoms with Crippen LogP contribution in [-0.2, 0) is 14.8 Å². The zero-order valence-corrected chi connectivity index (χ0v) is 11.9. The molecule has 1 atom stereocenters. The molecule has 19 heavy (non-hydrogen) atoms.